The number of hydrogen-bond acceptors (Lipinski definition) is 1. The first-order chi connectivity index (χ1) is 7.22. The highest BCUT2D eigenvalue weighted by atomic mass is 16.5. The molecule has 3 aliphatic rings. The maximum atomic E-state index is 5.76. The van der Waals surface area contributed by atoms with Gasteiger partial charge in [-0.3, -0.25) is 0 Å². The Bertz CT molecular complexity index is 246. The lowest BCUT2D eigenvalue weighted by Crippen LogP contribution is -2.34. The molecule has 1 heteroatoms. The van der Waals surface area contributed by atoms with Crippen LogP contribution >= 0.6 is 0 Å². The molecule has 0 aromatic heterocycles. The van der Waals surface area contributed by atoms with Crippen molar-refractivity contribution in [2.24, 2.45) is 29.1 Å². The molecule has 0 aromatic carbocycles. The van der Waals surface area contributed by atoms with Gasteiger partial charge >= 0.3 is 0 Å². The molecule has 2 bridgehead atoms. The van der Waals surface area contributed by atoms with E-state index in [4.69, 9.17) is 4.74 Å². The van der Waals surface area contributed by atoms with E-state index in [1.54, 1.807) is 6.42 Å². The second kappa shape index (κ2) is 3.48. The van der Waals surface area contributed by atoms with E-state index in [2.05, 4.69) is 13.8 Å². The summed E-state index contributed by atoms with van der Waals surface area (Å²) < 4.78 is 5.76. The number of rotatable bonds is 3. The minimum atomic E-state index is 0.593. The van der Waals surface area contributed by atoms with Gasteiger partial charge in [-0.05, 0) is 68.1 Å². The van der Waals surface area contributed by atoms with Gasteiger partial charge in [0, 0.05) is 6.61 Å². The van der Waals surface area contributed by atoms with Gasteiger partial charge in [0.15, 0.2) is 0 Å². The van der Waals surface area contributed by atoms with Gasteiger partial charge in [0.05, 0.1) is 6.61 Å². The maximum Gasteiger partial charge on any atom is 0.0522 e. The predicted octanol–water partition coefficient (Wildman–Crippen LogP) is 3.49. The van der Waals surface area contributed by atoms with Gasteiger partial charge in [0.2, 0.25) is 0 Å². The molecule has 3 rings (SSSR count). The fourth-order valence-corrected chi connectivity index (χ4v) is 4.91. The van der Waals surface area contributed by atoms with Crippen LogP contribution < -0.4 is 0 Å². The molecule has 0 aliphatic heterocycles. The zero-order valence-electron chi connectivity index (χ0n) is 10.2. The minimum absolute atomic E-state index is 0.593. The van der Waals surface area contributed by atoms with Gasteiger partial charge < -0.3 is 4.74 Å². The molecule has 0 aromatic rings. The molecule has 0 amide bonds. The third kappa shape index (κ3) is 1.54. The first kappa shape index (κ1) is 10.1. The first-order valence-electron chi connectivity index (χ1n) is 6.80. The summed E-state index contributed by atoms with van der Waals surface area (Å²) in [6.07, 6.45) is 7.47. The number of hydrogen-bond donors (Lipinski definition) is 0. The van der Waals surface area contributed by atoms with Crippen LogP contribution in [0.4, 0.5) is 0 Å². The van der Waals surface area contributed by atoms with Crippen molar-refractivity contribution in [3.8, 4) is 0 Å². The molecule has 1 nitrogen and oxygen atoms in total. The third-order valence-corrected chi connectivity index (χ3v) is 5.28. The van der Waals surface area contributed by atoms with Crippen molar-refractivity contribution in [1.82, 2.24) is 0 Å². The average Bonchev–Trinajstić information content (AvgIpc) is 2.39. The van der Waals surface area contributed by atoms with Crippen LogP contribution in [0.2, 0.25) is 0 Å². The summed E-state index contributed by atoms with van der Waals surface area (Å²) >= 11 is 0. The van der Waals surface area contributed by atoms with Crippen LogP contribution in [0.15, 0.2) is 0 Å². The lowest BCUT2D eigenvalue weighted by Gasteiger charge is -2.42. The summed E-state index contributed by atoms with van der Waals surface area (Å²) in [6, 6.07) is 0. The lowest BCUT2D eigenvalue weighted by molar-refractivity contribution is 0.0295. The van der Waals surface area contributed by atoms with Gasteiger partial charge in [-0.25, -0.2) is 0 Å². The van der Waals surface area contributed by atoms with Gasteiger partial charge in [-0.15, -0.1) is 0 Å². The lowest BCUT2D eigenvalue weighted by atomic mass is 9.63. The number of fused-ring (bicyclic) bond motifs is 1. The van der Waals surface area contributed by atoms with Gasteiger partial charge in [0.1, 0.15) is 0 Å². The smallest absolute Gasteiger partial charge is 0.0522 e. The van der Waals surface area contributed by atoms with E-state index in [9.17, 15) is 0 Å². The Morgan fingerprint density at radius 3 is 2.80 bits per heavy atom. The van der Waals surface area contributed by atoms with Gasteiger partial charge in [0.25, 0.3) is 0 Å². The van der Waals surface area contributed by atoms with Crippen LogP contribution in [-0.4, -0.2) is 13.2 Å². The van der Waals surface area contributed by atoms with Crippen LogP contribution in [-0.2, 0) is 4.74 Å². The van der Waals surface area contributed by atoms with E-state index >= 15 is 0 Å². The van der Waals surface area contributed by atoms with Crippen LogP contribution in [0.5, 0.6) is 0 Å². The van der Waals surface area contributed by atoms with E-state index < -0.39 is 0 Å². The molecule has 3 aliphatic carbocycles. The monoisotopic (exact) mass is 208 g/mol. The SMILES string of the molecule is CCOCC12CC(C)CC3CC(C1)C3C2. The van der Waals surface area contributed by atoms with Crippen molar-refractivity contribution in [3.63, 3.8) is 0 Å². The molecule has 0 spiro atoms. The molecule has 86 valence electrons. The first-order valence-corrected chi connectivity index (χ1v) is 6.80. The topological polar surface area (TPSA) is 9.23 Å². The van der Waals surface area contributed by atoms with E-state index in [0.29, 0.717) is 5.41 Å². The third-order valence-electron chi connectivity index (χ3n) is 5.28. The molecule has 15 heavy (non-hydrogen) atoms. The Kier molecular flexibility index (Phi) is 2.35. The van der Waals surface area contributed by atoms with E-state index in [0.717, 1.165) is 36.9 Å². The summed E-state index contributed by atoms with van der Waals surface area (Å²) in [7, 11) is 0. The number of ether oxygens (including phenoxy) is 1. The highest BCUT2D eigenvalue weighted by Gasteiger charge is 2.56. The van der Waals surface area contributed by atoms with E-state index in [1.807, 2.05) is 0 Å². The van der Waals surface area contributed by atoms with Crippen molar-refractivity contribution in [1.29, 1.82) is 0 Å². The zero-order valence-corrected chi connectivity index (χ0v) is 10.2. The molecule has 5 atom stereocenters. The van der Waals surface area contributed by atoms with Crippen LogP contribution in [0.1, 0.15) is 46.0 Å². The quantitative estimate of drug-likeness (QED) is 0.690. The van der Waals surface area contributed by atoms with Gasteiger partial charge in [-0.1, -0.05) is 6.92 Å². The predicted molar refractivity (Wildman–Crippen MR) is 61.6 cm³/mol. The van der Waals surface area contributed by atoms with Crippen LogP contribution in [0, 0.1) is 29.1 Å². The summed E-state index contributed by atoms with van der Waals surface area (Å²) in [5, 5.41) is 0. The van der Waals surface area contributed by atoms with E-state index in [-0.39, 0.29) is 0 Å². The summed E-state index contributed by atoms with van der Waals surface area (Å²) in [5.74, 6) is 4.22. The Morgan fingerprint density at radius 2 is 2.00 bits per heavy atom. The van der Waals surface area contributed by atoms with Crippen molar-refractivity contribution >= 4 is 0 Å². The minimum Gasteiger partial charge on any atom is -0.381 e. The van der Waals surface area contributed by atoms with Crippen molar-refractivity contribution in [3.05, 3.63) is 0 Å². The van der Waals surface area contributed by atoms with Crippen molar-refractivity contribution in [2.45, 2.75) is 46.0 Å². The maximum absolute atomic E-state index is 5.76. The Morgan fingerprint density at radius 1 is 1.13 bits per heavy atom. The molecule has 5 unspecified atom stereocenters. The fraction of sp³-hybridized carbons (Fsp3) is 1.00. The summed E-state index contributed by atoms with van der Waals surface area (Å²) in [4.78, 5) is 0. The Labute approximate surface area is 93.6 Å². The molecular weight excluding hydrogens is 184 g/mol. The fourth-order valence-electron chi connectivity index (χ4n) is 4.91. The summed E-state index contributed by atoms with van der Waals surface area (Å²) in [6.45, 7) is 6.54. The van der Waals surface area contributed by atoms with Crippen LogP contribution in [0.25, 0.3) is 0 Å². The Hall–Kier alpha value is -0.0400. The molecular formula is C14H24O. The molecule has 3 saturated carbocycles. The molecule has 0 saturated heterocycles. The Balaban J connectivity index is 1.76. The van der Waals surface area contributed by atoms with Gasteiger partial charge in [-0.2, -0.15) is 0 Å². The van der Waals surface area contributed by atoms with E-state index in [1.165, 1.54) is 25.7 Å². The molecule has 3 fully saturated rings. The van der Waals surface area contributed by atoms with Crippen molar-refractivity contribution < 1.29 is 4.74 Å². The highest BCUT2D eigenvalue weighted by molar-refractivity contribution is 5.06. The normalized spacial score (nSPS) is 52.4. The molecule has 0 radical (unpaired) electrons. The zero-order chi connectivity index (χ0) is 10.5. The highest BCUT2D eigenvalue weighted by Crippen LogP contribution is 2.64. The van der Waals surface area contributed by atoms with Crippen molar-refractivity contribution in [2.75, 3.05) is 13.2 Å². The molecule has 0 N–H and O–H groups in total. The standard InChI is InChI=1S/C14H24O/c1-3-15-9-14-6-10(2)4-11-5-12(7-14)13(11)8-14/h10-13H,3-9H2,1-2H3. The second-order valence-corrected chi connectivity index (χ2v) is 6.51. The summed E-state index contributed by atoms with van der Waals surface area (Å²) in [5.41, 5.74) is 0.593. The molecule has 0 heterocycles. The average molecular weight is 208 g/mol. The second-order valence-electron chi connectivity index (χ2n) is 6.51. The van der Waals surface area contributed by atoms with Crippen LogP contribution in [0.3, 0.4) is 0 Å². The largest absolute Gasteiger partial charge is 0.381 e.